The summed E-state index contributed by atoms with van der Waals surface area (Å²) in [7, 11) is 1.89. The van der Waals surface area contributed by atoms with Crippen LogP contribution in [0.1, 0.15) is 16.9 Å². The van der Waals surface area contributed by atoms with E-state index >= 15 is 0 Å². The highest BCUT2D eigenvalue weighted by Crippen LogP contribution is 2.11. The molecular weight excluding hydrogens is 268 g/mol. The lowest BCUT2D eigenvalue weighted by Crippen LogP contribution is -2.22. The lowest BCUT2D eigenvalue weighted by molar-refractivity contribution is 0.0690. The summed E-state index contributed by atoms with van der Waals surface area (Å²) in [6.07, 6.45) is 0.824. The first-order valence-corrected chi connectivity index (χ1v) is 6.76. The number of carboxylic acids is 1. The van der Waals surface area contributed by atoms with Gasteiger partial charge in [0.25, 0.3) is 0 Å². The van der Waals surface area contributed by atoms with Crippen LogP contribution < -0.4 is 9.64 Å². The van der Waals surface area contributed by atoms with E-state index in [2.05, 4.69) is 4.98 Å². The molecule has 1 heterocycles. The monoisotopic (exact) mass is 286 g/mol. The second-order valence-corrected chi connectivity index (χ2v) is 4.62. The van der Waals surface area contributed by atoms with Crippen LogP contribution in [-0.2, 0) is 0 Å². The van der Waals surface area contributed by atoms with Gasteiger partial charge in [-0.1, -0.05) is 24.3 Å². The molecule has 0 bridgehead atoms. The van der Waals surface area contributed by atoms with Crippen molar-refractivity contribution in [3.8, 4) is 5.75 Å². The van der Waals surface area contributed by atoms with E-state index in [1.807, 2.05) is 42.3 Å². The van der Waals surface area contributed by atoms with Crippen molar-refractivity contribution in [2.45, 2.75) is 6.42 Å². The van der Waals surface area contributed by atoms with Gasteiger partial charge in [-0.3, -0.25) is 0 Å². The number of carbonyl (C=O) groups is 1. The maximum Gasteiger partial charge on any atom is 0.354 e. The Hall–Kier alpha value is -2.56. The first-order chi connectivity index (χ1) is 10.2. The minimum absolute atomic E-state index is 0.0554. The summed E-state index contributed by atoms with van der Waals surface area (Å²) >= 11 is 0. The fourth-order valence-corrected chi connectivity index (χ4v) is 1.88. The molecule has 1 aromatic heterocycles. The maximum absolute atomic E-state index is 10.9. The van der Waals surface area contributed by atoms with E-state index in [0.29, 0.717) is 12.4 Å². The van der Waals surface area contributed by atoms with Crippen LogP contribution >= 0.6 is 0 Å². The number of carboxylic acid groups (broad SMARTS) is 1. The third kappa shape index (κ3) is 4.49. The van der Waals surface area contributed by atoms with Crippen LogP contribution in [0, 0.1) is 0 Å². The van der Waals surface area contributed by atoms with Crippen LogP contribution in [0.25, 0.3) is 0 Å². The molecule has 0 saturated heterocycles. The van der Waals surface area contributed by atoms with Crippen molar-refractivity contribution in [2.24, 2.45) is 0 Å². The maximum atomic E-state index is 10.9. The number of anilines is 1. The minimum Gasteiger partial charge on any atom is -0.494 e. The molecule has 5 nitrogen and oxygen atoms in total. The second kappa shape index (κ2) is 7.28. The number of ether oxygens (including phenoxy) is 1. The first kappa shape index (κ1) is 14.8. The molecule has 0 fully saturated rings. The molecule has 21 heavy (non-hydrogen) atoms. The average Bonchev–Trinajstić information content (AvgIpc) is 2.52. The molecule has 1 N–H and O–H groups in total. The zero-order chi connectivity index (χ0) is 15.1. The molecule has 0 radical (unpaired) electrons. The van der Waals surface area contributed by atoms with Crippen molar-refractivity contribution in [3.63, 3.8) is 0 Å². The normalized spacial score (nSPS) is 10.1. The summed E-state index contributed by atoms with van der Waals surface area (Å²) in [6, 6.07) is 14.6. The van der Waals surface area contributed by atoms with Crippen molar-refractivity contribution >= 4 is 11.8 Å². The predicted molar refractivity (Wildman–Crippen MR) is 81.0 cm³/mol. The molecule has 5 heteroatoms. The van der Waals surface area contributed by atoms with Crippen molar-refractivity contribution in [1.82, 2.24) is 4.98 Å². The highest BCUT2D eigenvalue weighted by molar-refractivity contribution is 5.85. The van der Waals surface area contributed by atoms with Crippen molar-refractivity contribution in [1.29, 1.82) is 0 Å². The van der Waals surface area contributed by atoms with Crippen molar-refractivity contribution in [3.05, 3.63) is 54.2 Å². The number of aromatic carboxylic acids is 1. The van der Waals surface area contributed by atoms with Crippen LogP contribution in [0.5, 0.6) is 5.75 Å². The summed E-state index contributed by atoms with van der Waals surface area (Å²) in [4.78, 5) is 16.9. The van der Waals surface area contributed by atoms with Crippen LogP contribution in [-0.4, -0.2) is 36.3 Å². The van der Waals surface area contributed by atoms with Gasteiger partial charge in [0.1, 0.15) is 11.6 Å². The van der Waals surface area contributed by atoms with E-state index in [1.54, 1.807) is 12.1 Å². The SMILES string of the molecule is CN(CCCOc1ccccc1)c1cccc(C(=O)O)n1. The van der Waals surface area contributed by atoms with Gasteiger partial charge in [-0.25, -0.2) is 9.78 Å². The van der Waals surface area contributed by atoms with E-state index in [9.17, 15) is 4.79 Å². The van der Waals surface area contributed by atoms with E-state index in [-0.39, 0.29) is 5.69 Å². The lowest BCUT2D eigenvalue weighted by Gasteiger charge is -2.18. The number of hydrogen-bond acceptors (Lipinski definition) is 4. The molecule has 1 aromatic carbocycles. The molecule has 110 valence electrons. The number of hydrogen-bond donors (Lipinski definition) is 1. The number of pyridine rings is 1. The second-order valence-electron chi connectivity index (χ2n) is 4.62. The molecule has 2 rings (SSSR count). The van der Waals surface area contributed by atoms with E-state index < -0.39 is 5.97 Å². The van der Waals surface area contributed by atoms with Gasteiger partial charge >= 0.3 is 5.97 Å². The van der Waals surface area contributed by atoms with Gasteiger partial charge in [0.2, 0.25) is 0 Å². The van der Waals surface area contributed by atoms with Crippen LogP contribution in [0.4, 0.5) is 5.82 Å². The Balaban J connectivity index is 1.80. The number of para-hydroxylation sites is 1. The molecule has 0 saturated carbocycles. The van der Waals surface area contributed by atoms with Crippen LogP contribution in [0.3, 0.4) is 0 Å². The van der Waals surface area contributed by atoms with E-state index in [1.165, 1.54) is 6.07 Å². The summed E-state index contributed by atoms with van der Waals surface area (Å²) in [6.45, 7) is 1.34. The smallest absolute Gasteiger partial charge is 0.354 e. The van der Waals surface area contributed by atoms with Gasteiger partial charge in [-0.05, 0) is 30.7 Å². The molecule has 2 aromatic rings. The molecule has 0 unspecified atom stereocenters. The first-order valence-electron chi connectivity index (χ1n) is 6.76. The van der Waals surface area contributed by atoms with Gasteiger partial charge in [-0.15, -0.1) is 0 Å². The highest BCUT2D eigenvalue weighted by atomic mass is 16.5. The largest absolute Gasteiger partial charge is 0.494 e. The Morgan fingerprint density at radius 2 is 1.95 bits per heavy atom. The zero-order valence-corrected chi connectivity index (χ0v) is 11.9. The van der Waals surface area contributed by atoms with Gasteiger partial charge in [0, 0.05) is 13.6 Å². The summed E-state index contributed by atoms with van der Waals surface area (Å²) in [5.41, 5.74) is 0.0554. The molecular formula is C16H18N2O3. The number of nitrogens with zero attached hydrogens (tertiary/aromatic N) is 2. The Kier molecular flexibility index (Phi) is 5.15. The summed E-state index contributed by atoms with van der Waals surface area (Å²) in [5, 5.41) is 8.93. The average molecular weight is 286 g/mol. The molecule has 0 aliphatic heterocycles. The molecule has 0 amide bonds. The van der Waals surface area contributed by atoms with E-state index in [4.69, 9.17) is 9.84 Å². The van der Waals surface area contributed by atoms with Gasteiger partial charge in [0.15, 0.2) is 5.69 Å². The third-order valence-corrected chi connectivity index (χ3v) is 2.99. The summed E-state index contributed by atoms with van der Waals surface area (Å²) in [5.74, 6) is 0.485. The Morgan fingerprint density at radius 3 is 2.67 bits per heavy atom. The Bertz CT molecular complexity index is 587. The number of benzene rings is 1. The standard InChI is InChI=1S/C16H18N2O3/c1-18(15-10-5-9-14(17-15)16(19)20)11-6-12-21-13-7-3-2-4-8-13/h2-5,7-10H,6,11-12H2,1H3,(H,19,20). The Morgan fingerprint density at radius 1 is 1.19 bits per heavy atom. The fraction of sp³-hybridized carbons (Fsp3) is 0.250. The van der Waals surface area contributed by atoms with Gasteiger partial charge in [0.05, 0.1) is 6.61 Å². The zero-order valence-electron chi connectivity index (χ0n) is 11.9. The predicted octanol–water partition coefficient (Wildman–Crippen LogP) is 2.69. The number of aromatic nitrogens is 1. The molecule has 0 spiro atoms. The quantitative estimate of drug-likeness (QED) is 0.793. The third-order valence-electron chi connectivity index (χ3n) is 2.99. The van der Waals surface area contributed by atoms with Crippen LogP contribution in [0.15, 0.2) is 48.5 Å². The molecule has 0 aliphatic carbocycles. The topological polar surface area (TPSA) is 62.7 Å². The van der Waals surface area contributed by atoms with Crippen LogP contribution in [0.2, 0.25) is 0 Å². The van der Waals surface area contributed by atoms with Crippen molar-refractivity contribution in [2.75, 3.05) is 25.1 Å². The highest BCUT2D eigenvalue weighted by Gasteiger charge is 2.08. The minimum atomic E-state index is -1.02. The van der Waals surface area contributed by atoms with Gasteiger partial charge < -0.3 is 14.7 Å². The van der Waals surface area contributed by atoms with E-state index in [0.717, 1.165) is 18.7 Å². The fourth-order valence-electron chi connectivity index (χ4n) is 1.88. The van der Waals surface area contributed by atoms with Crippen molar-refractivity contribution < 1.29 is 14.6 Å². The van der Waals surface area contributed by atoms with Gasteiger partial charge in [-0.2, -0.15) is 0 Å². The lowest BCUT2D eigenvalue weighted by atomic mass is 10.3. The molecule has 0 atom stereocenters. The molecule has 0 aliphatic rings. The Labute approximate surface area is 123 Å². The number of rotatable bonds is 7. The summed E-state index contributed by atoms with van der Waals surface area (Å²) < 4.78 is 5.61.